The molecule has 0 N–H and O–H groups in total. The van der Waals surface area contributed by atoms with Crippen molar-refractivity contribution in [2.75, 3.05) is 0 Å². The first-order valence-electron chi connectivity index (χ1n) is 7.51. The third-order valence-corrected chi connectivity index (χ3v) is 3.99. The molecule has 0 aliphatic heterocycles. The average Bonchev–Trinajstić information content (AvgIpc) is 3.26. The standard InChI is InChI=1S/C18H18N2O/c1-2-4-17(5-3-1)21-13-15-8-9-16-11-19-20(18(16)10-15)12-14-6-7-14/h1-5,8-11,14H,6-7,12-13H2. The summed E-state index contributed by atoms with van der Waals surface area (Å²) in [6.07, 6.45) is 4.65. The number of fused-ring (bicyclic) bond motifs is 1. The van der Waals surface area contributed by atoms with Crippen molar-refractivity contribution in [2.24, 2.45) is 5.92 Å². The summed E-state index contributed by atoms with van der Waals surface area (Å²) in [5.74, 6) is 1.74. The van der Waals surface area contributed by atoms with Crippen LogP contribution in [0.3, 0.4) is 0 Å². The molecule has 1 heterocycles. The lowest BCUT2D eigenvalue weighted by Gasteiger charge is -2.07. The molecular weight excluding hydrogens is 260 g/mol. The van der Waals surface area contributed by atoms with Crippen LogP contribution < -0.4 is 4.74 Å². The van der Waals surface area contributed by atoms with Gasteiger partial charge in [-0.25, -0.2) is 0 Å². The largest absolute Gasteiger partial charge is 0.489 e. The van der Waals surface area contributed by atoms with Crippen molar-refractivity contribution in [3.05, 3.63) is 60.3 Å². The van der Waals surface area contributed by atoms with Gasteiger partial charge in [0.25, 0.3) is 0 Å². The first-order valence-corrected chi connectivity index (χ1v) is 7.51. The monoisotopic (exact) mass is 278 g/mol. The van der Waals surface area contributed by atoms with Crippen molar-refractivity contribution in [3.63, 3.8) is 0 Å². The summed E-state index contributed by atoms with van der Waals surface area (Å²) in [7, 11) is 0. The highest BCUT2D eigenvalue weighted by atomic mass is 16.5. The van der Waals surface area contributed by atoms with Crippen LogP contribution in [0.4, 0.5) is 0 Å². The maximum Gasteiger partial charge on any atom is 0.119 e. The predicted molar refractivity (Wildman–Crippen MR) is 83.2 cm³/mol. The van der Waals surface area contributed by atoms with Crippen molar-refractivity contribution in [3.8, 4) is 5.75 Å². The number of ether oxygens (including phenoxy) is 1. The quantitative estimate of drug-likeness (QED) is 0.704. The zero-order chi connectivity index (χ0) is 14.1. The van der Waals surface area contributed by atoms with Crippen molar-refractivity contribution in [2.45, 2.75) is 26.0 Å². The number of hydrogen-bond donors (Lipinski definition) is 0. The normalized spacial score (nSPS) is 14.5. The molecule has 0 unspecified atom stereocenters. The third kappa shape index (κ3) is 2.77. The minimum absolute atomic E-state index is 0.592. The lowest BCUT2D eigenvalue weighted by molar-refractivity contribution is 0.306. The number of benzene rings is 2. The maximum absolute atomic E-state index is 5.82. The van der Waals surface area contributed by atoms with Crippen LogP contribution in [0.5, 0.6) is 5.75 Å². The van der Waals surface area contributed by atoms with Crippen LogP contribution in [-0.2, 0) is 13.2 Å². The highest BCUT2D eigenvalue weighted by Gasteiger charge is 2.22. The Morgan fingerprint density at radius 3 is 2.76 bits per heavy atom. The Balaban J connectivity index is 1.54. The van der Waals surface area contributed by atoms with E-state index in [9.17, 15) is 0 Å². The van der Waals surface area contributed by atoms with E-state index in [1.54, 1.807) is 0 Å². The van der Waals surface area contributed by atoms with Crippen LogP contribution in [0.2, 0.25) is 0 Å². The van der Waals surface area contributed by atoms with E-state index in [0.717, 1.165) is 18.2 Å². The second kappa shape index (κ2) is 5.24. The van der Waals surface area contributed by atoms with Gasteiger partial charge in [-0.3, -0.25) is 4.68 Å². The molecule has 1 aromatic heterocycles. The molecule has 106 valence electrons. The van der Waals surface area contributed by atoms with E-state index in [2.05, 4.69) is 28.0 Å². The molecule has 1 saturated carbocycles. The Bertz CT molecular complexity index is 744. The van der Waals surface area contributed by atoms with Crippen LogP contribution in [0.1, 0.15) is 18.4 Å². The van der Waals surface area contributed by atoms with E-state index in [-0.39, 0.29) is 0 Å². The second-order valence-electron chi connectivity index (χ2n) is 5.76. The SMILES string of the molecule is c1ccc(OCc2ccc3cnn(CC4CC4)c3c2)cc1. The molecule has 3 nitrogen and oxygen atoms in total. The first kappa shape index (κ1) is 12.5. The van der Waals surface area contributed by atoms with Gasteiger partial charge in [-0.1, -0.05) is 30.3 Å². The summed E-state index contributed by atoms with van der Waals surface area (Å²) in [5.41, 5.74) is 2.40. The Labute approximate surface area is 124 Å². The third-order valence-electron chi connectivity index (χ3n) is 3.99. The van der Waals surface area contributed by atoms with Gasteiger partial charge < -0.3 is 4.74 Å². The highest BCUT2D eigenvalue weighted by molar-refractivity contribution is 5.79. The molecule has 0 radical (unpaired) electrons. The molecular formula is C18H18N2O. The lowest BCUT2D eigenvalue weighted by Crippen LogP contribution is -2.02. The van der Waals surface area contributed by atoms with Gasteiger partial charge in [0, 0.05) is 11.9 Å². The molecule has 0 spiro atoms. The fourth-order valence-electron chi connectivity index (χ4n) is 2.58. The number of aromatic nitrogens is 2. The van der Waals surface area contributed by atoms with E-state index >= 15 is 0 Å². The Hall–Kier alpha value is -2.29. The topological polar surface area (TPSA) is 27.1 Å². The minimum Gasteiger partial charge on any atom is -0.489 e. The fourth-order valence-corrected chi connectivity index (χ4v) is 2.58. The van der Waals surface area contributed by atoms with Gasteiger partial charge in [-0.05, 0) is 42.5 Å². The molecule has 4 rings (SSSR count). The van der Waals surface area contributed by atoms with E-state index in [4.69, 9.17) is 4.74 Å². The van der Waals surface area contributed by atoms with Crippen LogP contribution >= 0.6 is 0 Å². The van der Waals surface area contributed by atoms with E-state index in [1.807, 2.05) is 36.5 Å². The zero-order valence-corrected chi connectivity index (χ0v) is 11.9. The highest BCUT2D eigenvalue weighted by Crippen LogP contribution is 2.31. The number of rotatable bonds is 5. The van der Waals surface area contributed by atoms with Gasteiger partial charge in [0.15, 0.2) is 0 Å². The van der Waals surface area contributed by atoms with Crippen LogP contribution in [-0.4, -0.2) is 9.78 Å². The van der Waals surface area contributed by atoms with Crippen LogP contribution in [0.15, 0.2) is 54.7 Å². The maximum atomic E-state index is 5.82. The van der Waals surface area contributed by atoms with Gasteiger partial charge in [-0.15, -0.1) is 0 Å². The van der Waals surface area contributed by atoms with E-state index in [0.29, 0.717) is 6.61 Å². The molecule has 0 bridgehead atoms. The van der Waals surface area contributed by atoms with Crippen LogP contribution in [0.25, 0.3) is 10.9 Å². The zero-order valence-electron chi connectivity index (χ0n) is 11.9. The molecule has 0 atom stereocenters. The average molecular weight is 278 g/mol. The summed E-state index contributed by atoms with van der Waals surface area (Å²) in [6.45, 7) is 1.64. The first-order chi connectivity index (χ1) is 10.4. The molecule has 3 aromatic rings. The molecule has 2 aromatic carbocycles. The smallest absolute Gasteiger partial charge is 0.119 e. The molecule has 1 aliphatic carbocycles. The van der Waals surface area contributed by atoms with Crippen molar-refractivity contribution >= 4 is 10.9 Å². The van der Waals surface area contributed by atoms with E-state index in [1.165, 1.54) is 29.3 Å². The summed E-state index contributed by atoms with van der Waals surface area (Å²) >= 11 is 0. The number of hydrogen-bond acceptors (Lipinski definition) is 2. The molecule has 3 heteroatoms. The minimum atomic E-state index is 0.592. The Kier molecular flexibility index (Phi) is 3.11. The van der Waals surface area contributed by atoms with Gasteiger partial charge >= 0.3 is 0 Å². The Morgan fingerprint density at radius 2 is 1.95 bits per heavy atom. The number of para-hydroxylation sites is 1. The number of nitrogens with zero attached hydrogens (tertiary/aromatic N) is 2. The second-order valence-corrected chi connectivity index (χ2v) is 5.76. The fraction of sp³-hybridized carbons (Fsp3) is 0.278. The lowest BCUT2D eigenvalue weighted by atomic mass is 10.2. The Morgan fingerprint density at radius 1 is 1.10 bits per heavy atom. The summed E-state index contributed by atoms with van der Waals surface area (Å²) < 4.78 is 7.96. The van der Waals surface area contributed by atoms with Crippen molar-refractivity contribution in [1.82, 2.24) is 9.78 Å². The predicted octanol–water partition coefficient (Wildman–Crippen LogP) is 4.03. The van der Waals surface area contributed by atoms with Crippen molar-refractivity contribution in [1.29, 1.82) is 0 Å². The summed E-state index contributed by atoms with van der Waals surface area (Å²) in [5, 5.41) is 5.72. The van der Waals surface area contributed by atoms with E-state index < -0.39 is 0 Å². The van der Waals surface area contributed by atoms with Gasteiger partial charge in [0.05, 0.1) is 11.7 Å². The van der Waals surface area contributed by atoms with Gasteiger partial charge in [0.1, 0.15) is 12.4 Å². The summed E-state index contributed by atoms with van der Waals surface area (Å²) in [4.78, 5) is 0. The molecule has 0 amide bonds. The molecule has 21 heavy (non-hydrogen) atoms. The molecule has 1 fully saturated rings. The summed E-state index contributed by atoms with van der Waals surface area (Å²) in [6, 6.07) is 16.4. The van der Waals surface area contributed by atoms with Gasteiger partial charge in [0.2, 0.25) is 0 Å². The van der Waals surface area contributed by atoms with Crippen LogP contribution in [0, 0.1) is 5.92 Å². The van der Waals surface area contributed by atoms with Gasteiger partial charge in [-0.2, -0.15) is 5.10 Å². The molecule has 1 aliphatic rings. The van der Waals surface area contributed by atoms with Crippen molar-refractivity contribution < 1.29 is 4.74 Å². The molecule has 0 saturated heterocycles.